The summed E-state index contributed by atoms with van der Waals surface area (Å²) in [5.41, 5.74) is 0.986. The molecule has 0 aliphatic carbocycles. The van der Waals surface area contributed by atoms with Gasteiger partial charge in [-0.3, -0.25) is 0 Å². The van der Waals surface area contributed by atoms with Gasteiger partial charge in [-0.1, -0.05) is 17.7 Å². The number of halogens is 1. The number of nitrogens with zero attached hydrogens (tertiary/aromatic N) is 1. The monoisotopic (exact) mass is 335 g/mol. The van der Waals surface area contributed by atoms with Crippen molar-refractivity contribution >= 4 is 17.6 Å². The lowest BCUT2D eigenvalue weighted by Gasteiger charge is -2.12. The highest BCUT2D eigenvalue weighted by molar-refractivity contribution is 6.30. The van der Waals surface area contributed by atoms with Gasteiger partial charge in [-0.15, -0.1) is 0 Å². The Morgan fingerprint density at radius 3 is 2.87 bits per heavy atom. The van der Waals surface area contributed by atoms with Gasteiger partial charge in [0.2, 0.25) is 0 Å². The number of methoxy groups -OCH3 is 1. The predicted octanol–water partition coefficient (Wildman–Crippen LogP) is 3.24. The van der Waals surface area contributed by atoms with Crippen LogP contribution in [0.25, 0.3) is 0 Å². The van der Waals surface area contributed by atoms with Gasteiger partial charge in [0.05, 0.1) is 19.9 Å². The van der Waals surface area contributed by atoms with E-state index in [1.54, 1.807) is 19.4 Å². The summed E-state index contributed by atoms with van der Waals surface area (Å²) in [6.07, 6.45) is 2.49. The molecule has 0 fully saturated rings. The summed E-state index contributed by atoms with van der Waals surface area (Å²) in [4.78, 5) is 4.58. The lowest BCUT2D eigenvalue weighted by molar-refractivity contribution is 0.410. The average molecular weight is 336 g/mol. The molecule has 0 unspecified atom stereocenters. The smallest absolute Gasteiger partial charge is 0.191 e. The summed E-state index contributed by atoms with van der Waals surface area (Å²) in [6.45, 7) is 4.09. The number of benzene rings is 1. The van der Waals surface area contributed by atoms with Gasteiger partial charge < -0.3 is 19.8 Å². The van der Waals surface area contributed by atoms with Gasteiger partial charge in [0.25, 0.3) is 0 Å². The molecule has 0 saturated carbocycles. The van der Waals surface area contributed by atoms with E-state index in [4.69, 9.17) is 20.8 Å². The normalized spacial score (nSPS) is 11.3. The van der Waals surface area contributed by atoms with E-state index in [0.29, 0.717) is 11.6 Å². The summed E-state index contributed by atoms with van der Waals surface area (Å²) < 4.78 is 10.7. The van der Waals surface area contributed by atoms with E-state index in [0.717, 1.165) is 42.5 Å². The zero-order valence-corrected chi connectivity index (χ0v) is 14.2. The van der Waals surface area contributed by atoms with Crippen molar-refractivity contribution in [2.45, 2.75) is 19.9 Å². The van der Waals surface area contributed by atoms with Crippen LogP contribution in [0.1, 0.15) is 18.2 Å². The van der Waals surface area contributed by atoms with E-state index < -0.39 is 0 Å². The average Bonchev–Trinajstić information content (AvgIpc) is 3.06. The van der Waals surface area contributed by atoms with Gasteiger partial charge >= 0.3 is 0 Å². The highest BCUT2D eigenvalue weighted by atomic mass is 35.5. The van der Waals surface area contributed by atoms with Crippen molar-refractivity contribution in [2.24, 2.45) is 4.99 Å². The first-order chi connectivity index (χ1) is 11.2. The second-order valence-corrected chi connectivity index (χ2v) is 5.34. The fraction of sp³-hybridized carbons (Fsp3) is 0.353. The molecular formula is C17H22ClN3O2. The first kappa shape index (κ1) is 17.2. The van der Waals surface area contributed by atoms with Gasteiger partial charge in [0.15, 0.2) is 5.96 Å². The summed E-state index contributed by atoms with van der Waals surface area (Å²) in [7, 11) is 1.63. The van der Waals surface area contributed by atoms with Crippen LogP contribution in [-0.4, -0.2) is 26.2 Å². The summed E-state index contributed by atoms with van der Waals surface area (Å²) >= 11 is 5.98. The zero-order chi connectivity index (χ0) is 16.5. The lowest BCUT2D eigenvalue weighted by Crippen LogP contribution is -2.38. The van der Waals surface area contributed by atoms with Crippen LogP contribution in [0.5, 0.6) is 5.75 Å². The van der Waals surface area contributed by atoms with Crippen LogP contribution >= 0.6 is 11.6 Å². The van der Waals surface area contributed by atoms with E-state index in [9.17, 15) is 0 Å². The number of hydrogen-bond donors (Lipinski definition) is 2. The topological polar surface area (TPSA) is 58.8 Å². The van der Waals surface area contributed by atoms with Gasteiger partial charge in [-0.25, -0.2) is 4.99 Å². The molecule has 1 heterocycles. The number of furan rings is 1. The summed E-state index contributed by atoms with van der Waals surface area (Å²) in [6, 6.07) is 9.42. The number of nitrogens with one attached hydrogen (secondary N) is 2. The minimum absolute atomic E-state index is 0.510. The third kappa shape index (κ3) is 5.53. The summed E-state index contributed by atoms with van der Waals surface area (Å²) in [5.74, 6) is 2.46. The maximum Gasteiger partial charge on any atom is 0.191 e. The molecule has 0 saturated heterocycles. The molecule has 0 atom stereocenters. The van der Waals surface area contributed by atoms with Gasteiger partial charge in [-0.05, 0) is 31.2 Å². The minimum Gasteiger partial charge on any atom is -0.496 e. The maximum absolute atomic E-state index is 5.98. The highest BCUT2D eigenvalue weighted by Gasteiger charge is 2.04. The van der Waals surface area contributed by atoms with Gasteiger partial charge in [-0.2, -0.15) is 0 Å². The molecule has 23 heavy (non-hydrogen) atoms. The number of guanidine groups is 1. The van der Waals surface area contributed by atoms with Crippen LogP contribution in [0.3, 0.4) is 0 Å². The molecule has 5 nitrogen and oxygen atoms in total. The summed E-state index contributed by atoms with van der Waals surface area (Å²) in [5, 5.41) is 7.16. The van der Waals surface area contributed by atoms with Crippen molar-refractivity contribution in [2.75, 3.05) is 20.2 Å². The fourth-order valence-corrected chi connectivity index (χ4v) is 2.28. The van der Waals surface area contributed by atoms with Crippen molar-refractivity contribution in [3.05, 3.63) is 52.9 Å². The van der Waals surface area contributed by atoms with Crippen molar-refractivity contribution in [1.82, 2.24) is 10.6 Å². The molecule has 0 aliphatic rings. The quantitative estimate of drug-likeness (QED) is 0.602. The minimum atomic E-state index is 0.510. The molecule has 2 aromatic rings. The molecule has 6 heteroatoms. The molecule has 0 bridgehead atoms. The van der Waals surface area contributed by atoms with Crippen LogP contribution < -0.4 is 15.4 Å². The number of ether oxygens (including phenoxy) is 1. The van der Waals surface area contributed by atoms with Crippen LogP contribution in [0, 0.1) is 0 Å². The molecule has 2 rings (SSSR count). The van der Waals surface area contributed by atoms with E-state index in [1.165, 1.54) is 0 Å². The van der Waals surface area contributed by atoms with Crippen LogP contribution in [0.4, 0.5) is 0 Å². The predicted molar refractivity (Wildman–Crippen MR) is 93.2 cm³/mol. The van der Waals surface area contributed by atoms with Crippen molar-refractivity contribution < 1.29 is 9.15 Å². The second-order valence-electron chi connectivity index (χ2n) is 4.91. The largest absolute Gasteiger partial charge is 0.496 e. The van der Waals surface area contributed by atoms with Crippen molar-refractivity contribution in [1.29, 1.82) is 0 Å². The van der Waals surface area contributed by atoms with Crippen molar-refractivity contribution in [3.63, 3.8) is 0 Å². The van der Waals surface area contributed by atoms with Gasteiger partial charge in [0, 0.05) is 30.1 Å². The fourth-order valence-electron chi connectivity index (χ4n) is 2.11. The number of hydrogen-bond acceptors (Lipinski definition) is 3. The van der Waals surface area contributed by atoms with Crippen LogP contribution in [0.15, 0.2) is 46.0 Å². The molecule has 0 spiro atoms. The molecule has 2 N–H and O–H groups in total. The lowest BCUT2D eigenvalue weighted by atomic mass is 10.2. The molecule has 1 aromatic carbocycles. The van der Waals surface area contributed by atoms with Gasteiger partial charge in [0.1, 0.15) is 11.5 Å². The third-order valence-corrected chi connectivity index (χ3v) is 3.48. The molecule has 0 radical (unpaired) electrons. The van der Waals surface area contributed by atoms with E-state index in [2.05, 4.69) is 15.6 Å². The zero-order valence-electron chi connectivity index (χ0n) is 13.4. The first-order valence-corrected chi connectivity index (χ1v) is 7.97. The van der Waals surface area contributed by atoms with Crippen molar-refractivity contribution in [3.8, 4) is 5.75 Å². The molecular weight excluding hydrogens is 314 g/mol. The van der Waals surface area contributed by atoms with Crippen LogP contribution in [0.2, 0.25) is 5.02 Å². The highest BCUT2D eigenvalue weighted by Crippen LogP contribution is 2.23. The maximum atomic E-state index is 5.98. The Hall–Kier alpha value is -2.14. The SMILES string of the molecule is CCNC(=NCc1ccc(Cl)cc1OC)NCCc1ccco1. The molecule has 0 aliphatic heterocycles. The Morgan fingerprint density at radius 2 is 2.17 bits per heavy atom. The van der Waals surface area contributed by atoms with E-state index >= 15 is 0 Å². The Balaban J connectivity index is 1.95. The third-order valence-electron chi connectivity index (χ3n) is 3.24. The Morgan fingerprint density at radius 1 is 1.30 bits per heavy atom. The number of aliphatic imine (C=N–C) groups is 1. The Bertz CT molecular complexity index is 627. The van der Waals surface area contributed by atoms with E-state index in [1.807, 2.05) is 31.2 Å². The first-order valence-electron chi connectivity index (χ1n) is 7.60. The Kier molecular flexibility index (Phi) is 6.81. The molecule has 0 amide bonds. The standard InChI is InChI=1S/C17H22ClN3O2/c1-3-19-17(20-9-8-15-5-4-10-23-15)21-12-13-6-7-14(18)11-16(13)22-2/h4-7,10-11H,3,8-9,12H2,1-2H3,(H2,19,20,21). The second kappa shape index (κ2) is 9.10. The molecule has 124 valence electrons. The number of rotatable bonds is 7. The van der Waals surface area contributed by atoms with Crippen LogP contribution in [-0.2, 0) is 13.0 Å². The Labute approximate surface area is 141 Å². The van der Waals surface area contributed by atoms with E-state index in [-0.39, 0.29) is 0 Å². The molecule has 1 aromatic heterocycles.